The molecule has 1 aromatic carbocycles. The van der Waals surface area contributed by atoms with Gasteiger partial charge in [0.15, 0.2) is 3.23 Å². The molecule has 0 fully saturated rings. The van der Waals surface area contributed by atoms with Crippen molar-refractivity contribution in [2.75, 3.05) is 0 Å². The molecule has 1 rings (SSSR count). The highest BCUT2D eigenvalue weighted by Gasteiger charge is 2.37. The molecule has 1 amide bonds. The summed E-state index contributed by atoms with van der Waals surface area (Å²) < 4.78 is -0.596. The predicted octanol–water partition coefficient (Wildman–Crippen LogP) is 3.77. The fourth-order valence-corrected chi connectivity index (χ4v) is 2.42. The normalized spacial score (nSPS) is 11.1. The van der Waals surface area contributed by atoms with Crippen LogP contribution in [0.25, 0.3) is 0 Å². The second-order valence-electron chi connectivity index (χ2n) is 2.48. The zero-order valence-corrected chi connectivity index (χ0v) is 11.4. The lowest BCUT2D eigenvalue weighted by Crippen LogP contribution is -2.29. The fraction of sp³-hybridized carbons (Fsp3) is 0.125. The number of nitrogens with zero attached hydrogens (tertiary/aromatic N) is 1. The molecule has 2 nitrogen and oxygen atoms in total. The van der Waals surface area contributed by atoms with E-state index in [0.717, 1.165) is 5.56 Å². The van der Waals surface area contributed by atoms with Gasteiger partial charge in [0.2, 0.25) is 0 Å². The first-order chi connectivity index (χ1) is 6.46. The van der Waals surface area contributed by atoms with Crippen molar-refractivity contribution in [2.45, 2.75) is 3.23 Å². The first-order valence-electron chi connectivity index (χ1n) is 3.55. The molecule has 0 aromatic heterocycles. The smallest absolute Gasteiger partial charge is 0.269 e. The Morgan fingerprint density at radius 1 is 1.21 bits per heavy atom. The number of rotatable bonds is 2. The van der Waals surface area contributed by atoms with Crippen molar-refractivity contribution < 1.29 is 4.79 Å². The molecule has 0 unspecified atom stereocenters. The highest BCUT2D eigenvalue weighted by molar-refractivity contribution is 9.25. The zero-order chi connectivity index (χ0) is 10.8. The van der Waals surface area contributed by atoms with Crippen LogP contribution in [0, 0.1) is 0 Å². The highest BCUT2D eigenvalue weighted by Crippen LogP contribution is 2.40. The number of halogens is 4. The Balaban J connectivity index is 3.02. The van der Waals surface area contributed by atoms with Gasteiger partial charge in [-0.3, -0.25) is 4.79 Å². The average Bonchev–Trinajstić information content (AvgIpc) is 2.18. The molecule has 0 radical (unpaired) electrons. The molecule has 0 bridgehead atoms. The standard InChI is InChI=1S/C8H5Br2Cl2NO/c9-8(10,7(14)13(11)12)6-4-2-1-3-5-6/h1-5H. The molecule has 76 valence electrons. The van der Waals surface area contributed by atoms with Crippen LogP contribution in [-0.4, -0.2) is 9.85 Å². The largest absolute Gasteiger partial charge is 0.284 e. The highest BCUT2D eigenvalue weighted by atomic mass is 79.9. The molecule has 0 heterocycles. The van der Waals surface area contributed by atoms with Crippen molar-refractivity contribution in [1.29, 1.82) is 0 Å². The molecule has 14 heavy (non-hydrogen) atoms. The summed E-state index contributed by atoms with van der Waals surface area (Å²) in [5.74, 6) is -0.507. The van der Waals surface area contributed by atoms with Crippen molar-refractivity contribution in [3.8, 4) is 0 Å². The van der Waals surface area contributed by atoms with E-state index in [2.05, 4.69) is 31.9 Å². The minimum absolute atomic E-state index is 0.483. The summed E-state index contributed by atoms with van der Waals surface area (Å²) in [6, 6.07) is 9.03. The molecule has 0 aliphatic heterocycles. The van der Waals surface area contributed by atoms with Gasteiger partial charge in [-0.05, 0) is 5.56 Å². The van der Waals surface area contributed by atoms with Crippen LogP contribution in [0.3, 0.4) is 0 Å². The second kappa shape index (κ2) is 4.84. The van der Waals surface area contributed by atoms with Crippen LogP contribution in [0.1, 0.15) is 5.56 Å². The van der Waals surface area contributed by atoms with Gasteiger partial charge in [0.05, 0.1) is 0 Å². The van der Waals surface area contributed by atoms with Gasteiger partial charge in [0, 0.05) is 23.6 Å². The van der Waals surface area contributed by atoms with Gasteiger partial charge in [-0.1, -0.05) is 62.2 Å². The lowest BCUT2D eigenvalue weighted by molar-refractivity contribution is -0.123. The van der Waals surface area contributed by atoms with Crippen molar-refractivity contribution in [2.24, 2.45) is 0 Å². The van der Waals surface area contributed by atoms with E-state index in [9.17, 15) is 4.79 Å². The monoisotopic (exact) mass is 359 g/mol. The number of carbonyl (C=O) groups excluding carboxylic acids is 1. The van der Waals surface area contributed by atoms with E-state index in [0.29, 0.717) is 3.94 Å². The van der Waals surface area contributed by atoms with Gasteiger partial charge in [-0.25, -0.2) is 0 Å². The third-order valence-electron chi connectivity index (χ3n) is 1.56. The van der Waals surface area contributed by atoms with E-state index in [1.54, 1.807) is 12.1 Å². The summed E-state index contributed by atoms with van der Waals surface area (Å²) in [7, 11) is 0. The molecule has 0 atom stereocenters. The van der Waals surface area contributed by atoms with Crippen LogP contribution in [0.4, 0.5) is 0 Å². The number of hydrogen-bond acceptors (Lipinski definition) is 1. The molecule has 0 N–H and O–H groups in total. The van der Waals surface area contributed by atoms with Crippen LogP contribution < -0.4 is 0 Å². The number of carbonyl (C=O) groups is 1. The van der Waals surface area contributed by atoms with Gasteiger partial charge in [-0.15, -0.1) is 0 Å². The Morgan fingerprint density at radius 2 is 1.71 bits per heavy atom. The SMILES string of the molecule is O=C(N(Cl)Cl)C(Br)(Br)c1ccccc1. The number of hydrogen-bond donors (Lipinski definition) is 0. The Bertz CT molecular complexity index is 329. The molecule has 0 saturated carbocycles. The molecule has 0 spiro atoms. The van der Waals surface area contributed by atoms with Crippen LogP contribution in [0.15, 0.2) is 30.3 Å². The van der Waals surface area contributed by atoms with E-state index in [4.69, 9.17) is 23.6 Å². The molecule has 6 heteroatoms. The summed E-state index contributed by atoms with van der Waals surface area (Å²) >= 11 is 17.1. The third-order valence-corrected chi connectivity index (χ3v) is 3.46. The van der Waals surface area contributed by atoms with Crippen molar-refractivity contribution in [3.63, 3.8) is 0 Å². The lowest BCUT2D eigenvalue weighted by atomic mass is 10.1. The molecular weight excluding hydrogens is 357 g/mol. The minimum atomic E-state index is -1.08. The fourth-order valence-electron chi connectivity index (χ4n) is 0.877. The molecular formula is C8H5Br2Cl2NO. The van der Waals surface area contributed by atoms with Crippen molar-refractivity contribution in [1.82, 2.24) is 3.94 Å². The van der Waals surface area contributed by atoms with Gasteiger partial charge in [-0.2, -0.15) is 3.94 Å². The number of benzene rings is 1. The van der Waals surface area contributed by atoms with E-state index in [1.165, 1.54) is 0 Å². The van der Waals surface area contributed by atoms with E-state index < -0.39 is 9.14 Å². The minimum Gasteiger partial charge on any atom is -0.269 e. The van der Waals surface area contributed by atoms with E-state index in [-0.39, 0.29) is 0 Å². The Labute approximate surface area is 109 Å². The Hall–Kier alpha value is 0.230. The first-order valence-corrected chi connectivity index (χ1v) is 5.82. The van der Waals surface area contributed by atoms with E-state index >= 15 is 0 Å². The summed E-state index contributed by atoms with van der Waals surface area (Å²) in [6.45, 7) is 0. The second-order valence-corrected chi connectivity index (χ2v) is 6.77. The van der Waals surface area contributed by atoms with Gasteiger partial charge < -0.3 is 0 Å². The van der Waals surface area contributed by atoms with Crippen LogP contribution in [0.2, 0.25) is 0 Å². The number of amides is 1. The maximum atomic E-state index is 11.5. The summed E-state index contributed by atoms with van der Waals surface area (Å²) in [5.41, 5.74) is 0.719. The lowest BCUT2D eigenvalue weighted by Gasteiger charge is -2.20. The van der Waals surface area contributed by atoms with Crippen molar-refractivity contribution >= 4 is 61.3 Å². The molecule has 0 aliphatic carbocycles. The van der Waals surface area contributed by atoms with Crippen molar-refractivity contribution in [3.05, 3.63) is 35.9 Å². The quantitative estimate of drug-likeness (QED) is 0.580. The molecule has 0 saturated heterocycles. The average molecular weight is 362 g/mol. The summed E-state index contributed by atoms with van der Waals surface area (Å²) in [6.07, 6.45) is 0. The number of alkyl halides is 2. The van der Waals surface area contributed by atoms with Crippen LogP contribution in [0.5, 0.6) is 0 Å². The maximum absolute atomic E-state index is 11.5. The van der Waals surface area contributed by atoms with Crippen LogP contribution >= 0.6 is 55.4 Å². The summed E-state index contributed by atoms with van der Waals surface area (Å²) in [5, 5.41) is 0. The zero-order valence-electron chi connectivity index (χ0n) is 6.75. The Kier molecular flexibility index (Phi) is 4.25. The molecule has 0 aliphatic rings. The van der Waals surface area contributed by atoms with E-state index in [1.807, 2.05) is 18.2 Å². The van der Waals surface area contributed by atoms with Crippen LogP contribution in [-0.2, 0) is 8.03 Å². The van der Waals surface area contributed by atoms with Gasteiger partial charge in [0.1, 0.15) is 0 Å². The molecule has 1 aromatic rings. The third kappa shape index (κ3) is 2.63. The topological polar surface area (TPSA) is 20.3 Å². The van der Waals surface area contributed by atoms with Gasteiger partial charge in [0.25, 0.3) is 5.91 Å². The predicted molar refractivity (Wildman–Crippen MR) is 64.5 cm³/mol. The summed E-state index contributed by atoms with van der Waals surface area (Å²) in [4.78, 5) is 11.5. The first kappa shape index (κ1) is 12.3. The Morgan fingerprint density at radius 3 is 2.14 bits per heavy atom. The maximum Gasteiger partial charge on any atom is 0.284 e. The van der Waals surface area contributed by atoms with Gasteiger partial charge >= 0.3 is 0 Å².